The third-order valence-corrected chi connectivity index (χ3v) is 8.70. The standard InChI is InChI=1S/C27H28N2O/c1-28-16-23(20-6-4-5-9-24(20)28)25-21-7-2-3-8-22(21)26(30)29(25)27-13-17-10-18(14-27)12-19(11-17)15-27/h2-9,16-19,25H,10-15H2,1H3/t17?,18?,19?,25-,27?/m0/s1. The van der Waals surface area contributed by atoms with Crippen molar-refractivity contribution in [2.24, 2.45) is 24.8 Å². The van der Waals surface area contributed by atoms with E-state index in [2.05, 4.69) is 65.2 Å². The fourth-order valence-electron chi connectivity index (χ4n) is 8.06. The number of carbonyl (C=O) groups excluding carboxylic acids is 1. The smallest absolute Gasteiger partial charge is 0.255 e. The van der Waals surface area contributed by atoms with Crippen molar-refractivity contribution in [1.29, 1.82) is 0 Å². The normalized spacial score (nSPS) is 34.2. The van der Waals surface area contributed by atoms with Gasteiger partial charge in [-0.1, -0.05) is 36.4 Å². The predicted octanol–water partition coefficient (Wildman–Crippen LogP) is 5.69. The monoisotopic (exact) mass is 396 g/mol. The first kappa shape index (κ1) is 17.2. The number of amides is 1. The Hall–Kier alpha value is -2.55. The number of rotatable bonds is 2. The van der Waals surface area contributed by atoms with Gasteiger partial charge in [0.2, 0.25) is 0 Å². The number of hydrogen-bond donors (Lipinski definition) is 0. The summed E-state index contributed by atoms with van der Waals surface area (Å²) >= 11 is 0. The van der Waals surface area contributed by atoms with Crippen molar-refractivity contribution in [1.82, 2.24) is 9.47 Å². The van der Waals surface area contributed by atoms with Gasteiger partial charge in [-0.25, -0.2) is 0 Å². The van der Waals surface area contributed by atoms with Gasteiger partial charge in [0, 0.05) is 40.8 Å². The molecule has 5 aliphatic rings. The lowest BCUT2D eigenvalue weighted by Gasteiger charge is -2.60. The van der Waals surface area contributed by atoms with Gasteiger partial charge in [0.25, 0.3) is 5.91 Å². The Balaban J connectivity index is 1.45. The second kappa shape index (κ2) is 5.78. The van der Waals surface area contributed by atoms with Crippen LogP contribution in [0.4, 0.5) is 0 Å². The van der Waals surface area contributed by atoms with Crippen molar-refractivity contribution >= 4 is 16.8 Å². The molecule has 30 heavy (non-hydrogen) atoms. The first-order valence-corrected chi connectivity index (χ1v) is 11.6. The van der Waals surface area contributed by atoms with Gasteiger partial charge in [-0.2, -0.15) is 0 Å². The molecule has 1 amide bonds. The van der Waals surface area contributed by atoms with Gasteiger partial charge < -0.3 is 9.47 Å². The van der Waals surface area contributed by atoms with Crippen LogP contribution >= 0.6 is 0 Å². The lowest BCUT2D eigenvalue weighted by Crippen LogP contribution is -2.61. The van der Waals surface area contributed by atoms with E-state index in [1.54, 1.807) is 0 Å². The average Bonchev–Trinajstić information content (AvgIpc) is 3.22. The molecule has 3 heteroatoms. The zero-order valence-electron chi connectivity index (χ0n) is 17.6. The second-order valence-electron chi connectivity index (χ2n) is 10.5. The average molecular weight is 397 g/mol. The van der Waals surface area contributed by atoms with Crippen LogP contribution in [0, 0.1) is 17.8 Å². The van der Waals surface area contributed by atoms with Crippen molar-refractivity contribution in [3.8, 4) is 0 Å². The van der Waals surface area contributed by atoms with Gasteiger partial charge in [-0.05, 0) is 74.0 Å². The summed E-state index contributed by atoms with van der Waals surface area (Å²) in [6.07, 6.45) is 10.1. The Bertz CT molecular complexity index is 1150. The summed E-state index contributed by atoms with van der Waals surface area (Å²) in [5, 5.41) is 1.28. The van der Waals surface area contributed by atoms with E-state index in [-0.39, 0.29) is 17.5 Å². The van der Waals surface area contributed by atoms with Crippen LogP contribution in [0.5, 0.6) is 0 Å². The molecule has 4 fully saturated rings. The lowest BCUT2D eigenvalue weighted by atomic mass is 9.52. The topological polar surface area (TPSA) is 25.2 Å². The number of aryl methyl sites for hydroxylation is 1. The number of hydrogen-bond acceptors (Lipinski definition) is 1. The zero-order valence-corrected chi connectivity index (χ0v) is 17.6. The molecule has 152 valence electrons. The minimum atomic E-state index is 0.0380. The molecule has 2 aromatic carbocycles. The maximum absolute atomic E-state index is 14.0. The number of benzene rings is 2. The largest absolute Gasteiger partial charge is 0.350 e. The summed E-state index contributed by atoms with van der Waals surface area (Å²) < 4.78 is 2.23. The molecule has 4 saturated carbocycles. The van der Waals surface area contributed by atoms with Crippen LogP contribution in [0.3, 0.4) is 0 Å². The van der Waals surface area contributed by atoms with E-state index < -0.39 is 0 Å². The molecular weight excluding hydrogens is 368 g/mol. The predicted molar refractivity (Wildman–Crippen MR) is 118 cm³/mol. The molecule has 0 radical (unpaired) electrons. The molecule has 3 nitrogen and oxygen atoms in total. The van der Waals surface area contributed by atoms with Crippen LogP contribution in [-0.4, -0.2) is 20.9 Å². The molecule has 2 heterocycles. The molecular formula is C27H28N2O. The highest BCUT2D eigenvalue weighted by molar-refractivity contribution is 6.01. The van der Waals surface area contributed by atoms with Gasteiger partial charge in [0.15, 0.2) is 0 Å². The van der Waals surface area contributed by atoms with Crippen LogP contribution < -0.4 is 0 Å². The highest BCUT2D eigenvalue weighted by Crippen LogP contribution is 2.61. The third kappa shape index (κ3) is 2.13. The molecule has 4 aliphatic carbocycles. The molecule has 0 N–H and O–H groups in total. The van der Waals surface area contributed by atoms with Crippen molar-refractivity contribution in [3.63, 3.8) is 0 Å². The van der Waals surface area contributed by atoms with Crippen molar-refractivity contribution in [2.75, 3.05) is 0 Å². The molecule has 3 aromatic rings. The fourth-order valence-corrected chi connectivity index (χ4v) is 8.06. The fraction of sp³-hybridized carbons (Fsp3) is 0.444. The molecule has 4 bridgehead atoms. The minimum Gasteiger partial charge on any atom is -0.350 e. The molecule has 8 rings (SSSR count). The number of fused-ring (bicyclic) bond motifs is 2. The molecule has 1 atom stereocenters. The molecule has 0 saturated heterocycles. The third-order valence-electron chi connectivity index (χ3n) is 8.70. The first-order chi connectivity index (χ1) is 14.6. The van der Waals surface area contributed by atoms with E-state index in [4.69, 9.17) is 0 Å². The van der Waals surface area contributed by atoms with E-state index in [0.29, 0.717) is 0 Å². The Labute approximate surface area is 177 Å². The van der Waals surface area contributed by atoms with Gasteiger partial charge in [-0.3, -0.25) is 4.79 Å². The Morgan fingerprint density at radius 1 is 0.833 bits per heavy atom. The lowest BCUT2D eigenvalue weighted by molar-refractivity contribution is -0.0806. The van der Waals surface area contributed by atoms with Crippen LogP contribution in [0.15, 0.2) is 54.7 Å². The number of para-hydroxylation sites is 1. The quantitative estimate of drug-likeness (QED) is 0.546. The summed E-state index contributed by atoms with van der Waals surface area (Å²) in [7, 11) is 2.13. The van der Waals surface area contributed by atoms with E-state index in [1.165, 1.54) is 60.6 Å². The maximum atomic E-state index is 14.0. The van der Waals surface area contributed by atoms with Crippen LogP contribution in [0.25, 0.3) is 10.9 Å². The summed E-state index contributed by atoms with van der Waals surface area (Å²) in [6, 6.07) is 17.1. The Morgan fingerprint density at radius 3 is 2.20 bits per heavy atom. The highest BCUT2D eigenvalue weighted by Gasteiger charge is 2.58. The molecule has 1 aromatic heterocycles. The van der Waals surface area contributed by atoms with Crippen LogP contribution in [0.1, 0.15) is 66.1 Å². The summed E-state index contributed by atoms with van der Waals surface area (Å²) in [6.45, 7) is 0. The molecule has 0 unspecified atom stereocenters. The number of aromatic nitrogens is 1. The van der Waals surface area contributed by atoms with E-state index in [1.807, 2.05) is 6.07 Å². The van der Waals surface area contributed by atoms with Crippen LogP contribution in [0.2, 0.25) is 0 Å². The maximum Gasteiger partial charge on any atom is 0.255 e. The van der Waals surface area contributed by atoms with E-state index in [9.17, 15) is 4.79 Å². The van der Waals surface area contributed by atoms with E-state index in [0.717, 1.165) is 23.3 Å². The summed E-state index contributed by atoms with van der Waals surface area (Å²) in [4.78, 5) is 16.3. The van der Waals surface area contributed by atoms with Gasteiger partial charge in [0.05, 0.1) is 6.04 Å². The van der Waals surface area contributed by atoms with E-state index >= 15 is 0 Å². The van der Waals surface area contributed by atoms with Crippen molar-refractivity contribution in [2.45, 2.75) is 50.1 Å². The Kier molecular flexibility index (Phi) is 3.31. The SMILES string of the molecule is Cn1cc([C@@H]2c3ccccc3C(=O)N2C23CC4CC(CC(C4)C2)C3)c2ccccc21. The minimum absolute atomic E-state index is 0.0380. The van der Waals surface area contributed by atoms with Crippen molar-refractivity contribution in [3.05, 3.63) is 71.4 Å². The molecule has 1 aliphatic heterocycles. The summed E-state index contributed by atoms with van der Waals surface area (Å²) in [5.74, 6) is 2.73. The second-order valence-corrected chi connectivity index (χ2v) is 10.5. The van der Waals surface area contributed by atoms with Crippen molar-refractivity contribution < 1.29 is 4.79 Å². The Morgan fingerprint density at radius 2 is 1.47 bits per heavy atom. The van der Waals surface area contributed by atoms with Gasteiger partial charge in [-0.15, -0.1) is 0 Å². The highest BCUT2D eigenvalue weighted by atomic mass is 16.2. The van der Waals surface area contributed by atoms with Gasteiger partial charge >= 0.3 is 0 Å². The number of nitrogens with zero attached hydrogens (tertiary/aromatic N) is 2. The zero-order chi connectivity index (χ0) is 20.0. The summed E-state index contributed by atoms with van der Waals surface area (Å²) in [5.41, 5.74) is 4.71. The van der Waals surface area contributed by atoms with Crippen LogP contribution in [-0.2, 0) is 7.05 Å². The molecule has 0 spiro atoms. The first-order valence-electron chi connectivity index (χ1n) is 11.6. The number of carbonyl (C=O) groups is 1. The van der Waals surface area contributed by atoms with Gasteiger partial charge in [0.1, 0.15) is 0 Å².